The van der Waals surface area contributed by atoms with E-state index < -0.39 is 0 Å². The van der Waals surface area contributed by atoms with E-state index in [0.717, 1.165) is 27.9 Å². The Bertz CT molecular complexity index is 870. The highest BCUT2D eigenvalue weighted by Gasteiger charge is 2.16. The lowest BCUT2D eigenvalue weighted by molar-refractivity contribution is 0.102. The largest absolute Gasteiger partial charge is 0.497 e. The molecule has 130 valence electrons. The Morgan fingerprint density at radius 1 is 1.20 bits per heavy atom. The van der Waals surface area contributed by atoms with Crippen LogP contribution in [0.4, 0.5) is 5.95 Å². The Morgan fingerprint density at radius 2 is 1.96 bits per heavy atom. The number of H-pyrrole nitrogens is 1. The van der Waals surface area contributed by atoms with Crippen molar-refractivity contribution in [3.63, 3.8) is 0 Å². The summed E-state index contributed by atoms with van der Waals surface area (Å²) in [4.78, 5) is 21.7. The molecule has 0 fully saturated rings. The van der Waals surface area contributed by atoms with Crippen molar-refractivity contribution in [3.8, 4) is 5.75 Å². The number of nitrogens with one attached hydrogen (secondary N) is 2. The van der Waals surface area contributed by atoms with Crippen LogP contribution in [0.15, 0.2) is 24.3 Å². The van der Waals surface area contributed by atoms with Crippen molar-refractivity contribution in [1.82, 2.24) is 20.2 Å². The number of carbonyl (C=O) groups excluding carboxylic acids is 1. The van der Waals surface area contributed by atoms with Crippen molar-refractivity contribution in [2.24, 2.45) is 0 Å². The van der Waals surface area contributed by atoms with E-state index >= 15 is 0 Å². The molecule has 0 aliphatic heterocycles. The maximum atomic E-state index is 12.2. The fraction of sp³-hybridized carbons (Fsp3) is 0.294. The molecule has 1 aromatic carbocycles. The first-order chi connectivity index (χ1) is 12.0. The minimum atomic E-state index is -0.289. The fourth-order valence-corrected chi connectivity index (χ4v) is 3.23. The van der Waals surface area contributed by atoms with Gasteiger partial charge in [-0.05, 0) is 38.0 Å². The Labute approximate surface area is 149 Å². The second-order valence-corrected chi connectivity index (χ2v) is 6.95. The molecule has 0 aliphatic rings. The molecule has 2 heterocycles. The Morgan fingerprint density at radius 3 is 2.60 bits per heavy atom. The van der Waals surface area contributed by atoms with E-state index in [-0.39, 0.29) is 11.9 Å². The zero-order chi connectivity index (χ0) is 17.8. The van der Waals surface area contributed by atoms with Crippen LogP contribution >= 0.6 is 11.3 Å². The number of benzene rings is 1. The number of hydrogen-bond donors (Lipinski definition) is 2. The predicted molar refractivity (Wildman–Crippen MR) is 96.3 cm³/mol. The zero-order valence-corrected chi connectivity index (χ0v) is 15.1. The van der Waals surface area contributed by atoms with E-state index in [1.54, 1.807) is 7.11 Å². The number of thiazole rings is 1. The predicted octanol–water partition coefficient (Wildman–Crippen LogP) is 2.92. The zero-order valence-electron chi connectivity index (χ0n) is 14.3. The summed E-state index contributed by atoms with van der Waals surface area (Å²) in [6.45, 7) is 3.75. The molecule has 3 aromatic rings. The Hall–Kier alpha value is -2.74. The van der Waals surface area contributed by atoms with Gasteiger partial charge in [-0.1, -0.05) is 12.1 Å². The number of methoxy groups -OCH3 is 1. The molecule has 1 amide bonds. The molecule has 0 aliphatic carbocycles. The first-order valence-corrected chi connectivity index (χ1v) is 8.66. The summed E-state index contributed by atoms with van der Waals surface area (Å²) < 4.78 is 5.15. The van der Waals surface area contributed by atoms with Crippen molar-refractivity contribution >= 4 is 23.2 Å². The van der Waals surface area contributed by atoms with Crippen molar-refractivity contribution in [3.05, 3.63) is 51.2 Å². The van der Waals surface area contributed by atoms with Crippen molar-refractivity contribution in [2.75, 3.05) is 12.4 Å². The van der Waals surface area contributed by atoms with Gasteiger partial charge in [0, 0.05) is 11.3 Å². The number of anilines is 1. The highest BCUT2D eigenvalue weighted by atomic mass is 32.1. The van der Waals surface area contributed by atoms with Gasteiger partial charge in [0.1, 0.15) is 17.3 Å². The summed E-state index contributed by atoms with van der Waals surface area (Å²) in [7, 11) is 1.65. The number of nitrogens with zero attached hydrogens (tertiary/aromatic N) is 3. The van der Waals surface area contributed by atoms with E-state index in [2.05, 4.69) is 25.5 Å². The summed E-state index contributed by atoms with van der Waals surface area (Å²) in [5.74, 6) is 1.53. The number of aryl methyl sites for hydroxylation is 4. The second kappa shape index (κ2) is 7.43. The van der Waals surface area contributed by atoms with Crippen LogP contribution in [0.25, 0.3) is 0 Å². The van der Waals surface area contributed by atoms with Crippen LogP contribution in [0, 0.1) is 13.8 Å². The monoisotopic (exact) mass is 357 g/mol. The van der Waals surface area contributed by atoms with Crippen LogP contribution in [0.2, 0.25) is 0 Å². The summed E-state index contributed by atoms with van der Waals surface area (Å²) in [6.07, 6.45) is 1.51. The number of hydrogen-bond acceptors (Lipinski definition) is 6. The van der Waals surface area contributed by atoms with Crippen LogP contribution < -0.4 is 10.1 Å². The van der Waals surface area contributed by atoms with Gasteiger partial charge in [-0.25, -0.2) is 4.98 Å². The third kappa shape index (κ3) is 4.21. The minimum absolute atomic E-state index is 0.264. The van der Waals surface area contributed by atoms with E-state index in [1.165, 1.54) is 16.9 Å². The molecule has 0 spiro atoms. The average molecular weight is 357 g/mol. The van der Waals surface area contributed by atoms with Gasteiger partial charge in [-0.3, -0.25) is 15.2 Å². The summed E-state index contributed by atoms with van der Waals surface area (Å²) in [6, 6.07) is 7.90. The molecule has 7 nitrogen and oxygen atoms in total. The van der Waals surface area contributed by atoms with Gasteiger partial charge in [-0.15, -0.1) is 16.4 Å². The summed E-state index contributed by atoms with van der Waals surface area (Å²) in [5, 5.41) is 10.4. The lowest BCUT2D eigenvalue weighted by atomic mass is 10.1. The molecular weight excluding hydrogens is 338 g/mol. The van der Waals surface area contributed by atoms with E-state index in [9.17, 15) is 4.79 Å². The fourth-order valence-electron chi connectivity index (χ4n) is 2.42. The molecule has 2 aromatic heterocycles. The smallest absolute Gasteiger partial charge is 0.277 e. The van der Waals surface area contributed by atoms with Crippen molar-refractivity contribution in [2.45, 2.75) is 26.7 Å². The second-order valence-electron chi connectivity index (χ2n) is 5.55. The molecule has 0 saturated heterocycles. The number of aromatic amines is 1. The number of carbonyl (C=O) groups is 1. The molecule has 0 saturated carbocycles. The molecule has 0 radical (unpaired) electrons. The number of amides is 1. The van der Waals surface area contributed by atoms with Gasteiger partial charge in [0.2, 0.25) is 5.95 Å². The maximum Gasteiger partial charge on any atom is 0.277 e. The van der Waals surface area contributed by atoms with Crippen LogP contribution in [-0.4, -0.2) is 33.2 Å². The summed E-state index contributed by atoms with van der Waals surface area (Å²) in [5.41, 5.74) is 1.60. The van der Waals surface area contributed by atoms with Gasteiger partial charge >= 0.3 is 0 Å². The molecular formula is C17H19N5O2S. The standard InChI is InChI=1S/C17H19N5O2S/c1-10-15(18-11(2)25-10)16(23)20-17-19-14(21-22-17)9-6-12-4-7-13(24-3)8-5-12/h4-5,7-8H,6,9H2,1-3H3,(H2,19,20,21,22,23). The van der Waals surface area contributed by atoms with E-state index in [1.807, 2.05) is 38.1 Å². The Kier molecular flexibility index (Phi) is 5.08. The maximum absolute atomic E-state index is 12.2. The van der Waals surface area contributed by atoms with Gasteiger partial charge in [0.05, 0.1) is 12.1 Å². The highest BCUT2D eigenvalue weighted by Crippen LogP contribution is 2.17. The molecule has 0 atom stereocenters. The normalized spacial score (nSPS) is 10.7. The lowest BCUT2D eigenvalue weighted by Gasteiger charge is -2.02. The number of aromatic nitrogens is 4. The molecule has 3 rings (SSSR count). The van der Waals surface area contributed by atoms with Crippen molar-refractivity contribution in [1.29, 1.82) is 0 Å². The van der Waals surface area contributed by atoms with Gasteiger partial charge in [0.25, 0.3) is 5.91 Å². The SMILES string of the molecule is COc1ccc(CCc2nc(NC(=O)c3nc(C)sc3C)n[nH]2)cc1. The molecule has 25 heavy (non-hydrogen) atoms. The van der Waals surface area contributed by atoms with Gasteiger partial charge in [0.15, 0.2) is 0 Å². The van der Waals surface area contributed by atoms with Crippen LogP contribution in [0.1, 0.15) is 31.8 Å². The molecule has 8 heteroatoms. The topological polar surface area (TPSA) is 92.8 Å². The molecule has 0 unspecified atom stereocenters. The van der Waals surface area contributed by atoms with E-state index in [0.29, 0.717) is 12.1 Å². The lowest BCUT2D eigenvalue weighted by Crippen LogP contribution is -2.14. The van der Waals surface area contributed by atoms with Crippen LogP contribution in [0.3, 0.4) is 0 Å². The Balaban J connectivity index is 1.58. The quantitative estimate of drug-likeness (QED) is 0.707. The average Bonchev–Trinajstić information content (AvgIpc) is 3.19. The van der Waals surface area contributed by atoms with Crippen LogP contribution in [-0.2, 0) is 12.8 Å². The number of rotatable bonds is 6. The first kappa shape index (κ1) is 17.1. The minimum Gasteiger partial charge on any atom is -0.497 e. The highest BCUT2D eigenvalue weighted by molar-refractivity contribution is 7.11. The third-order valence-electron chi connectivity index (χ3n) is 3.69. The van der Waals surface area contributed by atoms with Crippen molar-refractivity contribution < 1.29 is 9.53 Å². The van der Waals surface area contributed by atoms with Gasteiger partial charge in [-0.2, -0.15) is 4.98 Å². The van der Waals surface area contributed by atoms with Gasteiger partial charge < -0.3 is 4.74 Å². The number of ether oxygens (including phenoxy) is 1. The van der Waals surface area contributed by atoms with Crippen LogP contribution in [0.5, 0.6) is 5.75 Å². The first-order valence-electron chi connectivity index (χ1n) is 7.84. The third-order valence-corrected chi connectivity index (χ3v) is 4.57. The molecule has 2 N–H and O–H groups in total. The van der Waals surface area contributed by atoms with E-state index in [4.69, 9.17) is 4.74 Å². The summed E-state index contributed by atoms with van der Waals surface area (Å²) >= 11 is 1.49. The molecule has 0 bridgehead atoms.